The minimum Gasteiger partial charge on any atom is -0.481 e. The van der Waals surface area contributed by atoms with Crippen LogP contribution in [0.3, 0.4) is 0 Å². The SMILES string of the molecule is NC(=O)NC(C(=O)NCCCCC(=O)O)c1ccccc1. The number of aliphatic carboxylic acids is 1. The summed E-state index contributed by atoms with van der Waals surface area (Å²) in [7, 11) is 0. The van der Waals surface area contributed by atoms with Crippen molar-refractivity contribution in [1.29, 1.82) is 0 Å². The lowest BCUT2D eigenvalue weighted by Gasteiger charge is -2.17. The molecule has 0 aliphatic heterocycles. The Hall–Kier alpha value is -2.57. The number of carboxylic acids is 1. The number of carbonyl (C=O) groups is 3. The molecule has 3 amide bonds. The van der Waals surface area contributed by atoms with Crippen LogP contribution >= 0.6 is 0 Å². The number of unbranched alkanes of at least 4 members (excludes halogenated alkanes) is 1. The predicted molar refractivity (Wildman–Crippen MR) is 76.4 cm³/mol. The summed E-state index contributed by atoms with van der Waals surface area (Å²) in [6, 6.07) is 7.09. The van der Waals surface area contributed by atoms with E-state index in [-0.39, 0.29) is 12.3 Å². The van der Waals surface area contributed by atoms with E-state index in [1.807, 2.05) is 0 Å². The average Bonchev–Trinajstić information content (AvgIpc) is 2.44. The van der Waals surface area contributed by atoms with Crippen LogP contribution in [0.5, 0.6) is 0 Å². The highest BCUT2D eigenvalue weighted by atomic mass is 16.4. The number of rotatable bonds is 8. The molecule has 1 unspecified atom stereocenters. The molecule has 0 bridgehead atoms. The third kappa shape index (κ3) is 6.42. The van der Waals surface area contributed by atoms with Gasteiger partial charge in [-0.2, -0.15) is 0 Å². The zero-order chi connectivity index (χ0) is 15.7. The van der Waals surface area contributed by atoms with E-state index < -0.39 is 18.0 Å². The van der Waals surface area contributed by atoms with Gasteiger partial charge in [-0.1, -0.05) is 30.3 Å². The Kier molecular flexibility index (Phi) is 6.73. The number of urea groups is 1. The van der Waals surface area contributed by atoms with Gasteiger partial charge in [-0.25, -0.2) is 4.79 Å². The second-order valence-corrected chi connectivity index (χ2v) is 4.49. The Balaban J connectivity index is 2.52. The summed E-state index contributed by atoms with van der Waals surface area (Å²) in [6.07, 6.45) is 1.10. The monoisotopic (exact) mass is 293 g/mol. The second-order valence-electron chi connectivity index (χ2n) is 4.49. The standard InChI is InChI=1S/C14H19N3O4/c15-14(21)17-12(10-6-2-1-3-7-10)13(20)16-9-5-4-8-11(18)19/h1-3,6-7,12H,4-5,8-9H2,(H,16,20)(H,18,19)(H3,15,17,21). The first-order chi connectivity index (χ1) is 10.0. The maximum Gasteiger partial charge on any atom is 0.313 e. The summed E-state index contributed by atoms with van der Waals surface area (Å²) in [5.74, 6) is -1.24. The van der Waals surface area contributed by atoms with Crippen LogP contribution in [0.4, 0.5) is 4.79 Å². The molecule has 0 aromatic heterocycles. The summed E-state index contributed by atoms with van der Waals surface area (Å²) >= 11 is 0. The van der Waals surface area contributed by atoms with Crippen molar-refractivity contribution in [1.82, 2.24) is 10.6 Å². The summed E-state index contributed by atoms with van der Waals surface area (Å²) in [5, 5.41) is 13.6. The highest BCUT2D eigenvalue weighted by Gasteiger charge is 2.21. The van der Waals surface area contributed by atoms with Crippen molar-refractivity contribution in [3.63, 3.8) is 0 Å². The molecule has 21 heavy (non-hydrogen) atoms. The third-order valence-electron chi connectivity index (χ3n) is 2.80. The number of carboxylic acid groups (broad SMARTS) is 1. The van der Waals surface area contributed by atoms with Gasteiger partial charge in [0.2, 0.25) is 5.91 Å². The third-order valence-corrected chi connectivity index (χ3v) is 2.80. The number of nitrogens with two attached hydrogens (primary N) is 1. The fourth-order valence-electron chi connectivity index (χ4n) is 1.80. The molecular weight excluding hydrogens is 274 g/mol. The highest BCUT2D eigenvalue weighted by Crippen LogP contribution is 2.12. The van der Waals surface area contributed by atoms with Crippen molar-refractivity contribution < 1.29 is 19.5 Å². The van der Waals surface area contributed by atoms with Crippen molar-refractivity contribution in [2.45, 2.75) is 25.3 Å². The molecule has 1 aromatic carbocycles. The van der Waals surface area contributed by atoms with Crippen LogP contribution in [0.2, 0.25) is 0 Å². The molecule has 0 heterocycles. The highest BCUT2D eigenvalue weighted by molar-refractivity contribution is 5.87. The predicted octanol–water partition coefficient (Wildman–Crippen LogP) is 0.767. The van der Waals surface area contributed by atoms with Gasteiger partial charge in [-0.3, -0.25) is 9.59 Å². The van der Waals surface area contributed by atoms with Gasteiger partial charge in [0.25, 0.3) is 0 Å². The molecule has 5 N–H and O–H groups in total. The fourth-order valence-corrected chi connectivity index (χ4v) is 1.80. The quantitative estimate of drug-likeness (QED) is 0.529. The average molecular weight is 293 g/mol. The molecule has 0 aliphatic rings. The lowest BCUT2D eigenvalue weighted by Crippen LogP contribution is -2.42. The normalized spacial score (nSPS) is 11.4. The first-order valence-electron chi connectivity index (χ1n) is 6.61. The van der Waals surface area contributed by atoms with Gasteiger partial charge in [0.05, 0.1) is 0 Å². The summed E-state index contributed by atoms with van der Waals surface area (Å²) in [4.78, 5) is 33.4. The summed E-state index contributed by atoms with van der Waals surface area (Å²) in [6.45, 7) is 0.343. The van der Waals surface area contributed by atoms with E-state index in [1.54, 1.807) is 30.3 Å². The van der Waals surface area contributed by atoms with E-state index in [2.05, 4.69) is 10.6 Å². The van der Waals surface area contributed by atoms with Gasteiger partial charge in [0.1, 0.15) is 6.04 Å². The minimum atomic E-state index is -0.862. The smallest absolute Gasteiger partial charge is 0.313 e. The number of nitrogens with one attached hydrogen (secondary N) is 2. The van der Waals surface area contributed by atoms with Crippen LogP contribution in [0.15, 0.2) is 30.3 Å². The Labute approximate surface area is 122 Å². The number of primary amides is 1. The van der Waals surface area contributed by atoms with Crippen LogP contribution in [0, 0.1) is 0 Å². The number of amides is 3. The van der Waals surface area contributed by atoms with Crippen LogP contribution in [-0.4, -0.2) is 29.6 Å². The van der Waals surface area contributed by atoms with E-state index >= 15 is 0 Å². The summed E-state index contributed by atoms with van der Waals surface area (Å²) in [5.41, 5.74) is 5.71. The van der Waals surface area contributed by atoms with E-state index in [9.17, 15) is 14.4 Å². The molecular formula is C14H19N3O4. The van der Waals surface area contributed by atoms with Gasteiger partial charge < -0.3 is 21.5 Å². The number of hydrogen-bond donors (Lipinski definition) is 4. The first kappa shape index (κ1) is 16.5. The zero-order valence-corrected chi connectivity index (χ0v) is 11.5. The molecule has 0 radical (unpaired) electrons. The fraction of sp³-hybridized carbons (Fsp3) is 0.357. The molecule has 1 rings (SSSR count). The molecule has 7 heteroatoms. The molecule has 0 spiro atoms. The van der Waals surface area contributed by atoms with E-state index in [0.717, 1.165) is 0 Å². The largest absolute Gasteiger partial charge is 0.481 e. The molecule has 0 saturated carbocycles. The van der Waals surface area contributed by atoms with Crippen molar-refractivity contribution in [3.05, 3.63) is 35.9 Å². The van der Waals surface area contributed by atoms with Gasteiger partial charge in [-0.05, 0) is 18.4 Å². The molecule has 0 saturated heterocycles. The Bertz CT molecular complexity index is 490. The van der Waals surface area contributed by atoms with Crippen molar-refractivity contribution >= 4 is 17.9 Å². The van der Waals surface area contributed by atoms with E-state index in [4.69, 9.17) is 10.8 Å². The van der Waals surface area contributed by atoms with Gasteiger partial charge in [0, 0.05) is 13.0 Å². The van der Waals surface area contributed by atoms with Crippen LogP contribution < -0.4 is 16.4 Å². The number of carbonyl (C=O) groups excluding carboxylic acids is 2. The number of benzene rings is 1. The van der Waals surface area contributed by atoms with Crippen molar-refractivity contribution in [2.24, 2.45) is 5.73 Å². The Morgan fingerprint density at radius 1 is 1.14 bits per heavy atom. The maximum atomic E-state index is 12.1. The van der Waals surface area contributed by atoms with Crippen LogP contribution in [0.1, 0.15) is 30.9 Å². The lowest BCUT2D eigenvalue weighted by atomic mass is 10.1. The van der Waals surface area contributed by atoms with Crippen molar-refractivity contribution in [2.75, 3.05) is 6.54 Å². The molecule has 1 aromatic rings. The van der Waals surface area contributed by atoms with Crippen molar-refractivity contribution in [3.8, 4) is 0 Å². The lowest BCUT2D eigenvalue weighted by molar-refractivity contribution is -0.137. The second kappa shape index (κ2) is 8.57. The minimum absolute atomic E-state index is 0.0670. The van der Waals surface area contributed by atoms with E-state index in [1.165, 1.54) is 0 Å². The molecule has 0 fully saturated rings. The Morgan fingerprint density at radius 2 is 1.81 bits per heavy atom. The molecule has 0 aliphatic carbocycles. The zero-order valence-electron chi connectivity index (χ0n) is 11.5. The van der Waals surface area contributed by atoms with Crippen LogP contribution in [0.25, 0.3) is 0 Å². The van der Waals surface area contributed by atoms with E-state index in [0.29, 0.717) is 24.9 Å². The Morgan fingerprint density at radius 3 is 2.38 bits per heavy atom. The van der Waals surface area contributed by atoms with Crippen LogP contribution in [-0.2, 0) is 9.59 Å². The topological polar surface area (TPSA) is 122 Å². The van der Waals surface area contributed by atoms with Gasteiger partial charge >= 0.3 is 12.0 Å². The molecule has 7 nitrogen and oxygen atoms in total. The number of hydrogen-bond acceptors (Lipinski definition) is 3. The molecule has 1 atom stereocenters. The maximum absolute atomic E-state index is 12.1. The molecule has 114 valence electrons. The summed E-state index contributed by atoms with van der Waals surface area (Å²) < 4.78 is 0. The van der Waals surface area contributed by atoms with Gasteiger partial charge in [-0.15, -0.1) is 0 Å². The first-order valence-corrected chi connectivity index (χ1v) is 6.61. The van der Waals surface area contributed by atoms with Gasteiger partial charge in [0.15, 0.2) is 0 Å².